The SMILES string of the molecule is Cc1c(Cl)cccc1NC(=O)CCNC(=O)/C=C\c1cscn1. The number of rotatable bonds is 6. The number of hydrogen-bond donors (Lipinski definition) is 2. The molecule has 1 aromatic carbocycles. The van der Waals surface area contributed by atoms with Crippen molar-refractivity contribution in [1.29, 1.82) is 0 Å². The molecule has 2 N–H and O–H groups in total. The van der Waals surface area contributed by atoms with Crippen molar-refractivity contribution in [2.45, 2.75) is 13.3 Å². The van der Waals surface area contributed by atoms with Gasteiger partial charge in [-0.25, -0.2) is 4.98 Å². The number of benzene rings is 1. The second-order valence-electron chi connectivity index (χ2n) is 4.75. The minimum absolute atomic E-state index is 0.181. The molecule has 120 valence electrons. The number of nitrogens with zero attached hydrogens (tertiary/aromatic N) is 1. The van der Waals surface area contributed by atoms with Gasteiger partial charge in [0.2, 0.25) is 11.8 Å². The van der Waals surface area contributed by atoms with Crippen LogP contribution in [0.4, 0.5) is 5.69 Å². The Labute approximate surface area is 143 Å². The third-order valence-electron chi connectivity index (χ3n) is 3.05. The third kappa shape index (κ3) is 5.50. The summed E-state index contributed by atoms with van der Waals surface area (Å²) < 4.78 is 0. The molecule has 0 aliphatic carbocycles. The van der Waals surface area contributed by atoms with Gasteiger partial charge < -0.3 is 10.6 Å². The molecule has 2 amide bonds. The second kappa shape index (κ2) is 8.45. The van der Waals surface area contributed by atoms with Crippen LogP contribution in [0.5, 0.6) is 0 Å². The van der Waals surface area contributed by atoms with Crippen LogP contribution in [0.25, 0.3) is 6.08 Å². The predicted molar refractivity (Wildman–Crippen MR) is 93.6 cm³/mol. The van der Waals surface area contributed by atoms with Crippen LogP contribution in [-0.4, -0.2) is 23.3 Å². The first-order valence-corrected chi connectivity index (χ1v) is 8.27. The van der Waals surface area contributed by atoms with Crippen LogP contribution in [0.1, 0.15) is 17.7 Å². The maximum atomic E-state index is 11.9. The van der Waals surface area contributed by atoms with E-state index >= 15 is 0 Å². The monoisotopic (exact) mass is 349 g/mol. The van der Waals surface area contributed by atoms with Gasteiger partial charge in [0.25, 0.3) is 0 Å². The highest BCUT2D eigenvalue weighted by Gasteiger charge is 2.07. The fourth-order valence-corrected chi connectivity index (χ4v) is 2.48. The van der Waals surface area contributed by atoms with Crippen LogP contribution < -0.4 is 10.6 Å². The van der Waals surface area contributed by atoms with Gasteiger partial charge in [-0.3, -0.25) is 9.59 Å². The number of halogens is 1. The zero-order valence-electron chi connectivity index (χ0n) is 12.5. The van der Waals surface area contributed by atoms with Crippen molar-refractivity contribution in [3.8, 4) is 0 Å². The van der Waals surface area contributed by atoms with E-state index in [1.165, 1.54) is 17.4 Å². The molecule has 0 bridgehead atoms. The summed E-state index contributed by atoms with van der Waals surface area (Å²) in [6.45, 7) is 2.09. The quantitative estimate of drug-likeness (QED) is 0.786. The van der Waals surface area contributed by atoms with Crippen molar-refractivity contribution in [2.75, 3.05) is 11.9 Å². The van der Waals surface area contributed by atoms with Crippen molar-refractivity contribution in [1.82, 2.24) is 10.3 Å². The molecule has 2 rings (SSSR count). The molecule has 0 fully saturated rings. The van der Waals surface area contributed by atoms with E-state index in [-0.39, 0.29) is 24.8 Å². The Morgan fingerprint density at radius 3 is 2.96 bits per heavy atom. The Balaban J connectivity index is 1.74. The topological polar surface area (TPSA) is 71.1 Å². The van der Waals surface area contributed by atoms with Gasteiger partial charge in [0, 0.05) is 35.1 Å². The Hall–Kier alpha value is -2.18. The minimum Gasteiger partial charge on any atom is -0.352 e. The van der Waals surface area contributed by atoms with Gasteiger partial charge >= 0.3 is 0 Å². The average molecular weight is 350 g/mol. The largest absolute Gasteiger partial charge is 0.352 e. The van der Waals surface area contributed by atoms with Gasteiger partial charge in [0.15, 0.2) is 0 Å². The first-order valence-electron chi connectivity index (χ1n) is 6.95. The molecular formula is C16H16ClN3O2S. The highest BCUT2D eigenvalue weighted by molar-refractivity contribution is 7.07. The summed E-state index contributed by atoms with van der Waals surface area (Å²) in [6.07, 6.45) is 3.21. The molecular weight excluding hydrogens is 334 g/mol. The minimum atomic E-state index is -0.260. The lowest BCUT2D eigenvalue weighted by atomic mass is 10.2. The first-order chi connectivity index (χ1) is 11.1. The molecule has 0 saturated heterocycles. The molecule has 5 nitrogen and oxygen atoms in total. The predicted octanol–water partition coefficient (Wildman–Crippen LogP) is 3.26. The lowest BCUT2D eigenvalue weighted by Crippen LogP contribution is -2.26. The molecule has 7 heteroatoms. The van der Waals surface area contributed by atoms with E-state index in [4.69, 9.17) is 11.6 Å². The molecule has 0 saturated carbocycles. The molecule has 1 aromatic heterocycles. The van der Waals surface area contributed by atoms with Crippen molar-refractivity contribution in [3.05, 3.63) is 51.4 Å². The fraction of sp³-hybridized carbons (Fsp3) is 0.188. The van der Waals surface area contributed by atoms with Crippen LogP contribution in [-0.2, 0) is 9.59 Å². The number of amides is 2. The first kappa shape index (κ1) is 17.2. The smallest absolute Gasteiger partial charge is 0.244 e. The highest BCUT2D eigenvalue weighted by atomic mass is 35.5. The van der Waals surface area contributed by atoms with Gasteiger partial charge in [-0.15, -0.1) is 11.3 Å². The van der Waals surface area contributed by atoms with Crippen LogP contribution in [0.2, 0.25) is 5.02 Å². The van der Waals surface area contributed by atoms with Crippen molar-refractivity contribution in [3.63, 3.8) is 0 Å². The zero-order valence-corrected chi connectivity index (χ0v) is 14.1. The maximum Gasteiger partial charge on any atom is 0.244 e. The number of thiazole rings is 1. The van der Waals surface area contributed by atoms with E-state index in [9.17, 15) is 9.59 Å². The molecule has 0 aliphatic rings. The lowest BCUT2D eigenvalue weighted by Gasteiger charge is -2.09. The standard InChI is InChI=1S/C16H16ClN3O2S/c1-11-13(17)3-2-4-14(11)20-16(22)7-8-18-15(21)6-5-12-9-23-10-19-12/h2-6,9-10H,7-8H2,1H3,(H,18,21)(H,20,22)/b6-5-. The fourth-order valence-electron chi connectivity index (χ4n) is 1.78. The summed E-state index contributed by atoms with van der Waals surface area (Å²) in [5.41, 5.74) is 3.93. The number of anilines is 1. The van der Waals surface area contributed by atoms with E-state index in [0.29, 0.717) is 10.7 Å². The third-order valence-corrected chi connectivity index (χ3v) is 4.06. The summed E-state index contributed by atoms with van der Waals surface area (Å²) >= 11 is 7.46. The normalized spacial score (nSPS) is 10.7. The lowest BCUT2D eigenvalue weighted by molar-refractivity contribution is -0.117. The van der Waals surface area contributed by atoms with Gasteiger partial charge in [-0.1, -0.05) is 17.7 Å². The Bertz CT molecular complexity index is 714. The number of hydrogen-bond acceptors (Lipinski definition) is 4. The molecule has 1 heterocycles. The maximum absolute atomic E-state index is 11.9. The van der Waals surface area contributed by atoms with Gasteiger partial charge in [-0.05, 0) is 30.7 Å². The Morgan fingerprint density at radius 2 is 2.22 bits per heavy atom. The molecule has 2 aromatic rings. The van der Waals surface area contributed by atoms with E-state index in [1.807, 2.05) is 12.3 Å². The molecule has 23 heavy (non-hydrogen) atoms. The molecule has 0 atom stereocenters. The summed E-state index contributed by atoms with van der Waals surface area (Å²) in [4.78, 5) is 27.5. The molecule has 0 spiro atoms. The molecule has 0 aliphatic heterocycles. The van der Waals surface area contributed by atoms with Crippen LogP contribution in [0.3, 0.4) is 0 Å². The van der Waals surface area contributed by atoms with Crippen molar-refractivity contribution in [2.24, 2.45) is 0 Å². The average Bonchev–Trinajstić information content (AvgIpc) is 3.03. The summed E-state index contributed by atoms with van der Waals surface area (Å²) in [7, 11) is 0. The highest BCUT2D eigenvalue weighted by Crippen LogP contribution is 2.22. The van der Waals surface area contributed by atoms with E-state index < -0.39 is 0 Å². The second-order valence-corrected chi connectivity index (χ2v) is 5.87. The number of carbonyl (C=O) groups excluding carboxylic acids is 2. The number of carbonyl (C=O) groups is 2. The number of aromatic nitrogens is 1. The van der Waals surface area contributed by atoms with E-state index in [1.54, 1.807) is 29.8 Å². The Kier molecular flexibility index (Phi) is 6.31. The molecule has 0 unspecified atom stereocenters. The van der Waals surface area contributed by atoms with Gasteiger partial charge in [0.1, 0.15) is 0 Å². The van der Waals surface area contributed by atoms with E-state index in [0.717, 1.165) is 11.3 Å². The Morgan fingerprint density at radius 1 is 1.39 bits per heavy atom. The van der Waals surface area contributed by atoms with Crippen molar-refractivity contribution < 1.29 is 9.59 Å². The molecule has 0 radical (unpaired) electrons. The summed E-state index contributed by atoms with van der Waals surface area (Å²) in [6, 6.07) is 5.33. The zero-order chi connectivity index (χ0) is 16.7. The van der Waals surface area contributed by atoms with Crippen LogP contribution >= 0.6 is 22.9 Å². The van der Waals surface area contributed by atoms with Crippen LogP contribution in [0.15, 0.2) is 35.2 Å². The summed E-state index contributed by atoms with van der Waals surface area (Å²) in [5.74, 6) is -0.441. The number of nitrogens with one attached hydrogen (secondary N) is 2. The van der Waals surface area contributed by atoms with Crippen LogP contribution in [0, 0.1) is 6.92 Å². The van der Waals surface area contributed by atoms with Crippen molar-refractivity contribution >= 4 is 46.5 Å². The summed E-state index contributed by atoms with van der Waals surface area (Å²) in [5, 5.41) is 7.87. The van der Waals surface area contributed by atoms with E-state index in [2.05, 4.69) is 15.6 Å². The van der Waals surface area contributed by atoms with Gasteiger partial charge in [0.05, 0.1) is 11.2 Å². The van der Waals surface area contributed by atoms with Gasteiger partial charge in [-0.2, -0.15) is 0 Å².